The van der Waals surface area contributed by atoms with Gasteiger partial charge in [0.05, 0.1) is 6.17 Å². The van der Waals surface area contributed by atoms with Gasteiger partial charge in [-0.25, -0.2) is 4.98 Å². The largest absolute Gasteiger partial charge is 0.314 e. The van der Waals surface area contributed by atoms with Crippen LogP contribution in [0.1, 0.15) is 63.6 Å². The van der Waals surface area contributed by atoms with Crippen LogP contribution in [0, 0.1) is 11.3 Å². The molecular weight excluding hydrogens is 236 g/mol. The molecule has 19 heavy (non-hydrogen) atoms. The van der Waals surface area contributed by atoms with Gasteiger partial charge in [0, 0.05) is 12.2 Å². The molecule has 0 bridgehead atoms. The Hall–Kier alpha value is -1.60. The van der Waals surface area contributed by atoms with E-state index in [9.17, 15) is 0 Å². The van der Waals surface area contributed by atoms with Gasteiger partial charge in [0.2, 0.25) is 0 Å². The van der Waals surface area contributed by atoms with Gasteiger partial charge in [-0.05, 0) is 25.3 Å². The molecule has 4 heteroatoms. The van der Waals surface area contributed by atoms with Crippen molar-refractivity contribution in [3.63, 3.8) is 0 Å². The number of hydrogen-bond donors (Lipinski definition) is 1. The third-order valence-electron chi connectivity index (χ3n) is 3.54. The van der Waals surface area contributed by atoms with E-state index in [-0.39, 0.29) is 6.17 Å². The maximum absolute atomic E-state index is 8.95. The van der Waals surface area contributed by atoms with E-state index < -0.39 is 0 Å². The molecule has 102 valence electrons. The van der Waals surface area contributed by atoms with E-state index in [2.05, 4.69) is 40.9 Å². The van der Waals surface area contributed by atoms with Crippen molar-refractivity contribution in [2.75, 3.05) is 0 Å². The standard InChI is InChI=1S/C15H22N4/c1-3-6-12(7-4-2)17-14-8-5-9-15-18-13(10-16)11-19(14)15/h5,9,11-12,14,17H,3-4,6-8H2,1-2H3. The molecule has 1 atom stereocenters. The summed E-state index contributed by atoms with van der Waals surface area (Å²) in [4.78, 5) is 4.29. The molecule has 0 fully saturated rings. The molecule has 1 N–H and O–H groups in total. The Labute approximate surface area is 115 Å². The summed E-state index contributed by atoms with van der Waals surface area (Å²) in [5.41, 5.74) is 0.496. The van der Waals surface area contributed by atoms with Crippen molar-refractivity contribution in [3.05, 3.63) is 23.8 Å². The summed E-state index contributed by atoms with van der Waals surface area (Å²) in [7, 11) is 0. The predicted molar refractivity (Wildman–Crippen MR) is 76.4 cm³/mol. The Balaban J connectivity index is 2.11. The van der Waals surface area contributed by atoms with Crippen LogP contribution in [0.3, 0.4) is 0 Å². The molecule has 0 saturated carbocycles. The van der Waals surface area contributed by atoms with Crippen LogP contribution in [-0.4, -0.2) is 15.6 Å². The second-order valence-electron chi connectivity index (χ2n) is 5.10. The minimum absolute atomic E-state index is 0.234. The Morgan fingerprint density at radius 3 is 2.84 bits per heavy atom. The van der Waals surface area contributed by atoms with Gasteiger partial charge in [-0.3, -0.25) is 5.32 Å². The summed E-state index contributed by atoms with van der Waals surface area (Å²) >= 11 is 0. The average molecular weight is 258 g/mol. The second kappa shape index (κ2) is 6.53. The van der Waals surface area contributed by atoms with Crippen LogP contribution >= 0.6 is 0 Å². The Bertz CT molecular complexity index is 475. The molecule has 0 spiro atoms. The van der Waals surface area contributed by atoms with Gasteiger partial charge in [0.1, 0.15) is 11.9 Å². The zero-order valence-electron chi connectivity index (χ0n) is 11.8. The molecule has 1 aromatic heterocycles. The maximum Gasteiger partial charge on any atom is 0.159 e. The van der Waals surface area contributed by atoms with Crippen LogP contribution in [-0.2, 0) is 0 Å². The number of nitriles is 1. The van der Waals surface area contributed by atoms with E-state index in [1.807, 2.05) is 12.3 Å². The van der Waals surface area contributed by atoms with Crippen LogP contribution in [0.5, 0.6) is 0 Å². The fourth-order valence-electron chi connectivity index (χ4n) is 2.68. The molecule has 2 heterocycles. The minimum atomic E-state index is 0.234. The zero-order chi connectivity index (χ0) is 13.7. The zero-order valence-corrected chi connectivity index (χ0v) is 11.8. The van der Waals surface area contributed by atoms with E-state index in [1.54, 1.807) is 0 Å². The molecule has 1 unspecified atom stereocenters. The number of hydrogen-bond acceptors (Lipinski definition) is 3. The molecule has 2 rings (SSSR count). The molecule has 1 aliphatic heterocycles. The quantitative estimate of drug-likeness (QED) is 0.852. The molecule has 0 amide bonds. The van der Waals surface area contributed by atoms with Gasteiger partial charge in [-0.2, -0.15) is 5.26 Å². The van der Waals surface area contributed by atoms with Crippen molar-refractivity contribution in [3.8, 4) is 6.07 Å². The lowest BCUT2D eigenvalue weighted by atomic mass is 10.1. The van der Waals surface area contributed by atoms with E-state index in [4.69, 9.17) is 5.26 Å². The number of nitrogens with one attached hydrogen (secondary N) is 1. The van der Waals surface area contributed by atoms with Gasteiger partial charge in [0.25, 0.3) is 0 Å². The summed E-state index contributed by atoms with van der Waals surface area (Å²) in [6.07, 6.45) is 12.0. The van der Waals surface area contributed by atoms with Gasteiger partial charge in [-0.15, -0.1) is 0 Å². The summed E-state index contributed by atoms with van der Waals surface area (Å²) in [6, 6.07) is 2.66. The summed E-state index contributed by atoms with van der Waals surface area (Å²) < 4.78 is 2.09. The van der Waals surface area contributed by atoms with Crippen LogP contribution in [0.2, 0.25) is 0 Å². The molecule has 0 aliphatic carbocycles. The van der Waals surface area contributed by atoms with E-state index in [0.717, 1.165) is 12.2 Å². The van der Waals surface area contributed by atoms with Gasteiger partial charge in [-0.1, -0.05) is 32.8 Å². The molecule has 0 saturated heterocycles. The van der Waals surface area contributed by atoms with Crippen molar-refractivity contribution in [1.82, 2.24) is 14.9 Å². The number of imidazole rings is 1. The molecule has 4 nitrogen and oxygen atoms in total. The summed E-state index contributed by atoms with van der Waals surface area (Å²) in [5.74, 6) is 0.882. The molecule has 0 radical (unpaired) electrons. The smallest absolute Gasteiger partial charge is 0.159 e. The van der Waals surface area contributed by atoms with Crippen molar-refractivity contribution in [1.29, 1.82) is 5.26 Å². The van der Waals surface area contributed by atoms with Crippen molar-refractivity contribution in [2.24, 2.45) is 0 Å². The molecule has 0 aromatic carbocycles. The average Bonchev–Trinajstić information content (AvgIpc) is 2.83. The van der Waals surface area contributed by atoms with E-state index >= 15 is 0 Å². The Morgan fingerprint density at radius 2 is 2.21 bits per heavy atom. The third-order valence-corrected chi connectivity index (χ3v) is 3.54. The normalized spacial score (nSPS) is 17.5. The summed E-state index contributed by atoms with van der Waals surface area (Å²) in [5, 5.41) is 12.7. The molecule has 1 aliphatic rings. The lowest BCUT2D eigenvalue weighted by Crippen LogP contribution is -2.36. The van der Waals surface area contributed by atoms with Gasteiger partial charge in [0.15, 0.2) is 5.69 Å². The number of nitrogens with zero attached hydrogens (tertiary/aromatic N) is 3. The first-order valence-electron chi connectivity index (χ1n) is 7.20. The number of rotatable bonds is 6. The lowest BCUT2D eigenvalue weighted by molar-refractivity contribution is 0.318. The second-order valence-corrected chi connectivity index (χ2v) is 5.10. The molecule has 1 aromatic rings. The predicted octanol–water partition coefficient (Wildman–Crippen LogP) is 3.23. The maximum atomic E-state index is 8.95. The Morgan fingerprint density at radius 1 is 1.47 bits per heavy atom. The van der Waals surface area contributed by atoms with Crippen molar-refractivity contribution in [2.45, 2.75) is 58.2 Å². The highest BCUT2D eigenvalue weighted by atomic mass is 15.2. The fourth-order valence-corrected chi connectivity index (χ4v) is 2.68. The van der Waals surface area contributed by atoms with Crippen LogP contribution in [0.25, 0.3) is 6.08 Å². The minimum Gasteiger partial charge on any atom is -0.314 e. The first-order chi connectivity index (χ1) is 9.28. The monoisotopic (exact) mass is 258 g/mol. The highest BCUT2D eigenvalue weighted by Gasteiger charge is 2.20. The van der Waals surface area contributed by atoms with Crippen LogP contribution in [0.15, 0.2) is 12.3 Å². The van der Waals surface area contributed by atoms with Crippen molar-refractivity contribution < 1.29 is 0 Å². The third kappa shape index (κ3) is 3.24. The Kier molecular flexibility index (Phi) is 4.75. The highest BCUT2D eigenvalue weighted by molar-refractivity contribution is 5.45. The van der Waals surface area contributed by atoms with Crippen LogP contribution < -0.4 is 5.32 Å². The lowest BCUT2D eigenvalue weighted by Gasteiger charge is -2.28. The first kappa shape index (κ1) is 13.8. The first-order valence-corrected chi connectivity index (χ1v) is 7.20. The summed E-state index contributed by atoms with van der Waals surface area (Å²) in [6.45, 7) is 4.45. The SMILES string of the molecule is CCCC(CCC)NC1CC=Cc2nc(C#N)cn21. The van der Waals surface area contributed by atoms with Gasteiger partial charge < -0.3 is 4.57 Å². The van der Waals surface area contributed by atoms with E-state index in [1.165, 1.54) is 25.7 Å². The topological polar surface area (TPSA) is 53.6 Å². The van der Waals surface area contributed by atoms with E-state index in [0.29, 0.717) is 11.7 Å². The van der Waals surface area contributed by atoms with Crippen LogP contribution in [0.4, 0.5) is 0 Å². The number of fused-ring (bicyclic) bond motifs is 1. The number of aromatic nitrogens is 2. The van der Waals surface area contributed by atoms with Crippen molar-refractivity contribution >= 4 is 6.08 Å². The highest BCUT2D eigenvalue weighted by Crippen LogP contribution is 2.22. The fraction of sp³-hybridized carbons (Fsp3) is 0.600. The van der Waals surface area contributed by atoms with Gasteiger partial charge >= 0.3 is 0 Å². The molecular formula is C15H22N4.